The van der Waals surface area contributed by atoms with Crippen LogP contribution < -0.4 is 5.32 Å². The number of nitriles is 1. The van der Waals surface area contributed by atoms with Gasteiger partial charge in [-0.05, 0) is 48.3 Å². The summed E-state index contributed by atoms with van der Waals surface area (Å²) in [6.07, 6.45) is 4.29. The quantitative estimate of drug-likeness (QED) is 0.807. The second-order valence-corrected chi connectivity index (χ2v) is 4.28. The molecule has 3 nitrogen and oxygen atoms in total. The first-order chi connectivity index (χ1) is 7.25. The van der Waals surface area contributed by atoms with Crippen LogP contribution >= 0.6 is 15.9 Å². The maximum absolute atomic E-state index is 8.37. The van der Waals surface area contributed by atoms with E-state index in [0.29, 0.717) is 6.42 Å². The van der Waals surface area contributed by atoms with E-state index in [9.17, 15) is 0 Å². The van der Waals surface area contributed by atoms with Crippen molar-refractivity contribution in [2.45, 2.75) is 32.2 Å². The Labute approximate surface area is 98.6 Å². The molecule has 1 unspecified atom stereocenters. The number of halogens is 1. The molecular weight excluding hydrogens is 256 g/mol. The van der Waals surface area contributed by atoms with E-state index in [1.807, 2.05) is 6.07 Å². The van der Waals surface area contributed by atoms with Crippen molar-refractivity contribution < 1.29 is 4.42 Å². The van der Waals surface area contributed by atoms with Crippen LogP contribution in [0.4, 0.5) is 0 Å². The fourth-order valence-corrected chi connectivity index (χ4v) is 1.90. The van der Waals surface area contributed by atoms with Crippen molar-refractivity contribution in [3.63, 3.8) is 0 Å². The van der Waals surface area contributed by atoms with E-state index in [4.69, 9.17) is 9.68 Å². The van der Waals surface area contributed by atoms with Crippen molar-refractivity contribution in [2.75, 3.05) is 6.54 Å². The van der Waals surface area contributed by atoms with Gasteiger partial charge in [-0.25, -0.2) is 0 Å². The zero-order chi connectivity index (χ0) is 11.1. The Morgan fingerprint density at radius 3 is 3.00 bits per heavy atom. The van der Waals surface area contributed by atoms with Crippen LogP contribution in [0.15, 0.2) is 21.2 Å². The Morgan fingerprint density at radius 2 is 2.40 bits per heavy atom. The molecule has 0 aliphatic heterocycles. The van der Waals surface area contributed by atoms with E-state index in [0.717, 1.165) is 29.6 Å². The first-order valence-corrected chi connectivity index (χ1v) is 5.88. The first-order valence-electron chi connectivity index (χ1n) is 5.09. The molecule has 0 saturated heterocycles. The molecule has 0 radical (unpaired) electrons. The summed E-state index contributed by atoms with van der Waals surface area (Å²) in [5, 5.41) is 11.7. The summed E-state index contributed by atoms with van der Waals surface area (Å²) in [5.74, 6) is 0.926. The van der Waals surface area contributed by atoms with Crippen LogP contribution in [0.1, 0.15) is 38.0 Å². The summed E-state index contributed by atoms with van der Waals surface area (Å²) in [4.78, 5) is 0. The highest BCUT2D eigenvalue weighted by Gasteiger charge is 2.11. The number of furan rings is 1. The predicted octanol–water partition coefficient (Wildman–Crippen LogP) is 3.39. The van der Waals surface area contributed by atoms with Crippen LogP contribution in [0.2, 0.25) is 0 Å². The fraction of sp³-hybridized carbons (Fsp3) is 0.545. The zero-order valence-corrected chi connectivity index (χ0v) is 10.4. The third-order valence-corrected chi connectivity index (χ3v) is 2.86. The topological polar surface area (TPSA) is 49.0 Å². The number of nitrogens with zero attached hydrogens (tertiary/aromatic N) is 1. The summed E-state index contributed by atoms with van der Waals surface area (Å²) >= 11 is 3.42. The fourth-order valence-electron chi connectivity index (χ4n) is 1.35. The molecule has 1 rings (SSSR count). The minimum atomic E-state index is 0.205. The lowest BCUT2D eigenvalue weighted by molar-refractivity contribution is 0.425. The highest BCUT2D eigenvalue weighted by Crippen LogP contribution is 2.23. The minimum Gasteiger partial charge on any atom is -0.466 e. The highest BCUT2D eigenvalue weighted by atomic mass is 79.9. The van der Waals surface area contributed by atoms with E-state index in [1.54, 1.807) is 6.26 Å². The average molecular weight is 271 g/mol. The van der Waals surface area contributed by atoms with Gasteiger partial charge in [0, 0.05) is 6.42 Å². The number of unbranched alkanes of at least 4 members (excludes halogenated alkanes) is 2. The summed E-state index contributed by atoms with van der Waals surface area (Å²) in [6.45, 7) is 2.98. The van der Waals surface area contributed by atoms with Gasteiger partial charge in [-0.2, -0.15) is 5.26 Å². The van der Waals surface area contributed by atoms with Crippen molar-refractivity contribution in [3.05, 3.63) is 22.6 Å². The highest BCUT2D eigenvalue weighted by molar-refractivity contribution is 9.10. The molecule has 15 heavy (non-hydrogen) atoms. The normalized spacial score (nSPS) is 12.3. The molecule has 0 fully saturated rings. The van der Waals surface area contributed by atoms with Crippen LogP contribution in [-0.2, 0) is 0 Å². The zero-order valence-electron chi connectivity index (χ0n) is 8.79. The van der Waals surface area contributed by atoms with Crippen molar-refractivity contribution >= 4 is 15.9 Å². The van der Waals surface area contributed by atoms with Gasteiger partial charge in [0.25, 0.3) is 0 Å². The Hall–Kier alpha value is -0.790. The lowest BCUT2D eigenvalue weighted by Crippen LogP contribution is -2.19. The molecular formula is C11H15BrN2O. The van der Waals surface area contributed by atoms with Crippen molar-refractivity contribution in [3.8, 4) is 6.07 Å². The molecule has 82 valence electrons. The molecule has 0 aromatic carbocycles. The van der Waals surface area contributed by atoms with Crippen LogP contribution in [-0.4, -0.2) is 6.54 Å². The SMILES string of the molecule is CC(NCCCCC#N)c1occc1Br. The predicted molar refractivity (Wildman–Crippen MR) is 62.3 cm³/mol. The third-order valence-electron chi connectivity index (χ3n) is 2.20. The average Bonchev–Trinajstić information content (AvgIpc) is 2.64. The van der Waals surface area contributed by atoms with Gasteiger partial charge in [-0.15, -0.1) is 0 Å². The van der Waals surface area contributed by atoms with Gasteiger partial charge >= 0.3 is 0 Å². The van der Waals surface area contributed by atoms with Crippen LogP contribution in [0.25, 0.3) is 0 Å². The Kier molecular flexibility index (Phi) is 5.44. The second kappa shape index (κ2) is 6.65. The molecule has 1 heterocycles. The van der Waals surface area contributed by atoms with E-state index in [2.05, 4.69) is 34.2 Å². The lowest BCUT2D eigenvalue weighted by atomic mass is 10.2. The number of hydrogen-bond donors (Lipinski definition) is 1. The Bertz CT molecular complexity index is 330. The van der Waals surface area contributed by atoms with Gasteiger partial charge < -0.3 is 9.73 Å². The van der Waals surface area contributed by atoms with E-state index in [1.165, 1.54) is 0 Å². The molecule has 0 aliphatic carbocycles. The summed E-state index contributed by atoms with van der Waals surface area (Å²) in [7, 11) is 0. The number of rotatable bonds is 6. The number of hydrogen-bond acceptors (Lipinski definition) is 3. The second-order valence-electron chi connectivity index (χ2n) is 3.42. The van der Waals surface area contributed by atoms with E-state index < -0.39 is 0 Å². The molecule has 0 spiro atoms. The third kappa shape index (κ3) is 4.06. The molecule has 4 heteroatoms. The van der Waals surface area contributed by atoms with Crippen LogP contribution in [0.5, 0.6) is 0 Å². The molecule has 0 amide bonds. The van der Waals surface area contributed by atoms with Gasteiger partial charge in [0.1, 0.15) is 5.76 Å². The standard InChI is InChI=1S/C11H15BrN2O/c1-9(11-10(12)5-8-15-11)14-7-4-2-3-6-13/h5,8-9,14H,2-4,7H2,1H3. The molecule has 0 aliphatic rings. The lowest BCUT2D eigenvalue weighted by Gasteiger charge is -2.11. The monoisotopic (exact) mass is 270 g/mol. The molecule has 1 aromatic heterocycles. The van der Waals surface area contributed by atoms with Crippen molar-refractivity contribution in [1.82, 2.24) is 5.32 Å². The smallest absolute Gasteiger partial charge is 0.134 e. The number of nitrogens with one attached hydrogen (secondary N) is 1. The molecule has 0 bridgehead atoms. The summed E-state index contributed by atoms with van der Waals surface area (Å²) < 4.78 is 6.34. The maximum atomic E-state index is 8.37. The van der Waals surface area contributed by atoms with Gasteiger partial charge in [0.15, 0.2) is 0 Å². The van der Waals surface area contributed by atoms with Crippen LogP contribution in [0.3, 0.4) is 0 Å². The maximum Gasteiger partial charge on any atom is 0.134 e. The summed E-state index contributed by atoms with van der Waals surface area (Å²) in [5.41, 5.74) is 0. The molecule has 0 saturated carbocycles. The molecule has 1 aromatic rings. The van der Waals surface area contributed by atoms with Gasteiger partial charge in [-0.1, -0.05) is 0 Å². The molecule has 1 N–H and O–H groups in total. The Morgan fingerprint density at radius 1 is 1.60 bits per heavy atom. The van der Waals surface area contributed by atoms with Crippen LogP contribution in [0, 0.1) is 11.3 Å². The summed E-state index contributed by atoms with van der Waals surface area (Å²) in [6, 6.07) is 4.24. The first kappa shape index (κ1) is 12.3. The largest absolute Gasteiger partial charge is 0.466 e. The van der Waals surface area contributed by atoms with Crippen molar-refractivity contribution in [2.24, 2.45) is 0 Å². The minimum absolute atomic E-state index is 0.205. The van der Waals surface area contributed by atoms with Gasteiger partial charge in [-0.3, -0.25) is 0 Å². The van der Waals surface area contributed by atoms with E-state index >= 15 is 0 Å². The van der Waals surface area contributed by atoms with Crippen molar-refractivity contribution in [1.29, 1.82) is 5.26 Å². The van der Waals surface area contributed by atoms with Gasteiger partial charge in [0.2, 0.25) is 0 Å². The van der Waals surface area contributed by atoms with E-state index in [-0.39, 0.29) is 6.04 Å². The van der Waals surface area contributed by atoms with Gasteiger partial charge in [0.05, 0.1) is 22.8 Å². The molecule has 1 atom stereocenters. The Balaban J connectivity index is 2.23.